The molecule has 2 aromatic carbocycles. The van der Waals surface area contributed by atoms with Crippen molar-refractivity contribution in [3.8, 4) is 5.75 Å². The zero-order chi connectivity index (χ0) is 19.2. The summed E-state index contributed by atoms with van der Waals surface area (Å²) >= 11 is 5.85. The van der Waals surface area contributed by atoms with E-state index >= 15 is 0 Å². The van der Waals surface area contributed by atoms with Crippen molar-refractivity contribution < 1.29 is 14.6 Å². The zero-order valence-electron chi connectivity index (χ0n) is 15.4. The van der Waals surface area contributed by atoms with Gasteiger partial charge in [0.05, 0.1) is 6.10 Å². The molecule has 2 N–H and O–H groups in total. The number of hydrogen-bond acceptors (Lipinski definition) is 4. The summed E-state index contributed by atoms with van der Waals surface area (Å²) in [5.41, 5.74) is 2.07. The second-order valence-corrected chi connectivity index (χ2v) is 7.33. The Balaban J connectivity index is 1.49. The van der Waals surface area contributed by atoms with Crippen molar-refractivity contribution in [3.05, 3.63) is 64.7 Å². The molecule has 2 atom stereocenters. The third-order valence-corrected chi connectivity index (χ3v) is 5.01. The second kappa shape index (κ2) is 9.22. The van der Waals surface area contributed by atoms with Crippen molar-refractivity contribution in [1.82, 2.24) is 10.2 Å². The van der Waals surface area contributed by atoms with Gasteiger partial charge in [0.1, 0.15) is 5.75 Å². The maximum absolute atomic E-state index is 12.5. The fourth-order valence-corrected chi connectivity index (χ4v) is 3.30. The second-order valence-electron chi connectivity index (χ2n) is 6.90. The molecule has 5 nitrogen and oxygen atoms in total. The first kappa shape index (κ1) is 19.7. The molecule has 0 spiro atoms. The van der Waals surface area contributed by atoms with Crippen LogP contribution in [0.25, 0.3) is 0 Å². The number of hydrogen-bond donors (Lipinski definition) is 2. The molecule has 1 heterocycles. The molecule has 0 aliphatic carbocycles. The van der Waals surface area contributed by atoms with Crippen molar-refractivity contribution in [2.75, 3.05) is 26.2 Å². The molecule has 0 aromatic heterocycles. The number of halogens is 1. The number of carbonyl (C=O) groups is 1. The average molecular weight is 389 g/mol. The number of nitrogens with zero attached hydrogens (tertiary/aromatic N) is 1. The fraction of sp³-hybridized carbons (Fsp3) is 0.381. The van der Waals surface area contributed by atoms with Gasteiger partial charge in [-0.2, -0.15) is 0 Å². The lowest BCUT2D eigenvalue weighted by Crippen LogP contribution is -2.54. The van der Waals surface area contributed by atoms with E-state index in [1.54, 1.807) is 29.2 Å². The van der Waals surface area contributed by atoms with E-state index in [1.165, 1.54) is 5.56 Å². The number of aliphatic hydroxyl groups excluding tert-OH is 1. The lowest BCUT2D eigenvalue weighted by molar-refractivity contribution is -0.134. The molecule has 1 fully saturated rings. The summed E-state index contributed by atoms with van der Waals surface area (Å²) in [4.78, 5) is 14.3. The van der Waals surface area contributed by atoms with Crippen LogP contribution in [0, 0.1) is 6.92 Å². The standard InChI is InChI=1S/C21H25ClN2O3/c1-15-2-4-16(5-3-15)20(25)12-18-13-24(11-10-23-18)21(26)14-27-19-8-6-17(22)7-9-19/h2-9,18,20,23,25H,10-14H2,1H3. The van der Waals surface area contributed by atoms with Crippen LogP contribution in [-0.4, -0.2) is 48.2 Å². The fourth-order valence-electron chi connectivity index (χ4n) is 3.17. The minimum atomic E-state index is -0.552. The summed E-state index contributed by atoms with van der Waals surface area (Å²) in [6, 6.07) is 14.9. The van der Waals surface area contributed by atoms with Gasteiger partial charge < -0.3 is 20.1 Å². The smallest absolute Gasteiger partial charge is 0.260 e. The van der Waals surface area contributed by atoms with Crippen LogP contribution in [0.15, 0.2) is 48.5 Å². The zero-order valence-corrected chi connectivity index (χ0v) is 16.2. The summed E-state index contributed by atoms with van der Waals surface area (Å²) in [5.74, 6) is 0.565. The quantitative estimate of drug-likeness (QED) is 0.798. The summed E-state index contributed by atoms with van der Waals surface area (Å²) < 4.78 is 5.55. The Bertz CT molecular complexity index is 749. The lowest BCUT2D eigenvalue weighted by Gasteiger charge is -2.34. The van der Waals surface area contributed by atoms with Gasteiger partial charge in [0.15, 0.2) is 6.61 Å². The number of nitrogens with one attached hydrogen (secondary N) is 1. The van der Waals surface area contributed by atoms with E-state index < -0.39 is 6.10 Å². The highest BCUT2D eigenvalue weighted by Crippen LogP contribution is 2.20. The van der Waals surface area contributed by atoms with Gasteiger partial charge in [-0.15, -0.1) is 0 Å². The minimum absolute atomic E-state index is 0.00509. The highest BCUT2D eigenvalue weighted by atomic mass is 35.5. The Morgan fingerprint density at radius 3 is 2.67 bits per heavy atom. The van der Waals surface area contributed by atoms with Crippen LogP contribution in [0.4, 0.5) is 0 Å². The Kier molecular flexibility index (Phi) is 6.72. The van der Waals surface area contributed by atoms with Gasteiger partial charge in [-0.25, -0.2) is 0 Å². The van der Waals surface area contributed by atoms with Gasteiger partial charge in [0.2, 0.25) is 0 Å². The van der Waals surface area contributed by atoms with Crippen LogP contribution in [-0.2, 0) is 4.79 Å². The third kappa shape index (κ3) is 5.70. The SMILES string of the molecule is Cc1ccc(C(O)CC2CN(C(=O)COc3ccc(Cl)cc3)CCN2)cc1. The molecule has 1 saturated heterocycles. The Hall–Kier alpha value is -2.08. The molecule has 0 bridgehead atoms. The summed E-state index contributed by atoms with van der Waals surface area (Å²) in [6.07, 6.45) is 0.00806. The molecular weight excluding hydrogens is 364 g/mol. The van der Waals surface area contributed by atoms with E-state index in [0.29, 0.717) is 36.8 Å². The van der Waals surface area contributed by atoms with Gasteiger partial charge in [-0.3, -0.25) is 4.79 Å². The predicted molar refractivity (Wildman–Crippen MR) is 106 cm³/mol. The molecule has 1 amide bonds. The molecule has 27 heavy (non-hydrogen) atoms. The molecule has 1 aliphatic heterocycles. The van der Waals surface area contributed by atoms with Crippen LogP contribution in [0.2, 0.25) is 5.02 Å². The first-order valence-electron chi connectivity index (χ1n) is 9.15. The van der Waals surface area contributed by atoms with Crippen molar-refractivity contribution in [3.63, 3.8) is 0 Å². The molecule has 144 valence electrons. The van der Waals surface area contributed by atoms with Gasteiger partial charge in [0, 0.05) is 30.7 Å². The van der Waals surface area contributed by atoms with Crippen molar-refractivity contribution >= 4 is 17.5 Å². The van der Waals surface area contributed by atoms with Gasteiger partial charge in [0.25, 0.3) is 5.91 Å². The number of carbonyl (C=O) groups excluding carboxylic acids is 1. The molecule has 2 aromatic rings. The van der Waals surface area contributed by atoms with E-state index in [-0.39, 0.29) is 18.6 Å². The van der Waals surface area contributed by atoms with E-state index in [4.69, 9.17) is 16.3 Å². The molecular formula is C21H25ClN2O3. The topological polar surface area (TPSA) is 61.8 Å². The number of benzene rings is 2. The molecule has 1 aliphatic rings. The highest BCUT2D eigenvalue weighted by Gasteiger charge is 2.25. The Morgan fingerprint density at radius 1 is 1.26 bits per heavy atom. The molecule has 6 heteroatoms. The van der Waals surface area contributed by atoms with Crippen molar-refractivity contribution in [2.45, 2.75) is 25.5 Å². The first-order valence-corrected chi connectivity index (χ1v) is 9.53. The van der Waals surface area contributed by atoms with Gasteiger partial charge in [-0.05, 0) is 43.2 Å². The normalized spacial score (nSPS) is 18.2. The van der Waals surface area contributed by atoms with E-state index in [9.17, 15) is 9.90 Å². The summed E-state index contributed by atoms with van der Waals surface area (Å²) in [7, 11) is 0. The highest BCUT2D eigenvalue weighted by molar-refractivity contribution is 6.30. The molecule has 3 rings (SSSR count). The van der Waals surface area contributed by atoms with Crippen LogP contribution in [0.3, 0.4) is 0 Å². The van der Waals surface area contributed by atoms with E-state index in [0.717, 1.165) is 5.56 Å². The summed E-state index contributed by atoms with van der Waals surface area (Å²) in [5, 5.41) is 14.5. The average Bonchev–Trinajstić information content (AvgIpc) is 2.68. The largest absolute Gasteiger partial charge is 0.484 e. The third-order valence-electron chi connectivity index (χ3n) is 4.75. The lowest BCUT2D eigenvalue weighted by atomic mass is 9.99. The van der Waals surface area contributed by atoms with Crippen molar-refractivity contribution in [2.24, 2.45) is 0 Å². The number of ether oxygens (including phenoxy) is 1. The number of amides is 1. The molecule has 0 radical (unpaired) electrons. The maximum Gasteiger partial charge on any atom is 0.260 e. The van der Waals surface area contributed by atoms with Crippen molar-refractivity contribution in [1.29, 1.82) is 0 Å². The summed E-state index contributed by atoms with van der Waals surface area (Å²) in [6.45, 7) is 3.92. The van der Waals surface area contributed by atoms with E-state index in [1.807, 2.05) is 31.2 Å². The Labute approximate surface area is 164 Å². The van der Waals surface area contributed by atoms with Crippen LogP contribution in [0.1, 0.15) is 23.7 Å². The maximum atomic E-state index is 12.5. The van der Waals surface area contributed by atoms with Crippen LogP contribution >= 0.6 is 11.6 Å². The molecule has 0 saturated carbocycles. The number of aryl methyl sites for hydroxylation is 1. The van der Waals surface area contributed by atoms with E-state index in [2.05, 4.69) is 5.32 Å². The minimum Gasteiger partial charge on any atom is -0.484 e. The first-order chi connectivity index (χ1) is 13.0. The molecule has 2 unspecified atom stereocenters. The predicted octanol–water partition coefficient (Wildman–Crippen LogP) is 2.95. The van der Waals surface area contributed by atoms with Gasteiger partial charge in [-0.1, -0.05) is 41.4 Å². The number of piperazine rings is 1. The van der Waals surface area contributed by atoms with Crippen LogP contribution in [0.5, 0.6) is 5.75 Å². The van der Waals surface area contributed by atoms with Crippen LogP contribution < -0.4 is 10.1 Å². The Morgan fingerprint density at radius 2 is 1.96 bits per heavy atom. The monoisotopic (exact) mass is 388 g/mol. The van der Waals surface area contributed by atoms with Gasteiger partial charge >= 0.3 is 0 Å². The number of aliphatic hydroxyl groups is 1. The number of rotatable bonds is 6.